The molecule has 0 aliphatic carbocycles. The monoisotopic (exact) mass is 15200 g/mol. The van der Waals surface area contributed by atoms with Gasteiger partial charge in [-0.15, -0.1) is 13.2 Å². The van der Waals surface area contributed by atoms with Gasteiger partial charge in [-0.05, 0) is 11.8 Å². The average Bonchev–Trinajstić information content (AvgIpc) is 2.33. The minimum atomic E-state index is -0.833. The maximum absolute atomic E-state index is 9.00. The molecule has 0 aromatic heterocycles. The minimum Gasteiger partial charge on any atom is -0.483 e. The summed E-state index contributed by atoms with van der Waals surface area (Å²) >= 11 is 0. The summed E-state index contributed by atoms with van der Waals surface area (Å²) < 4.78 is 0. The Balaban J connectivity index is -0.000000000157. The van der Waals surface area contributed by atoms with Crippen LogP contribution in [0.3, 0.4) is 0 Å². The predicted octanol–water partition coefficient (Wildman–Crippen LogP) is 2.24. The number of carboxylic acid groups (broad SMARTS) is 2. The summed E-state index contributed by atoms with van der Waals surface area (Å²) in [6.07, 6.45) is 0. The van der Waals surface area contributed by atoms with Crippen LogP contribution in [0.2, 0.25) is 0 Å². The van der Waals surface area contributed by atoms with Crippen molar-refractivity contribution in [2.45, 2.75) is 41.5 Å². The molecule has 0 bridgehead atoms. The van der Waals surface area contributed by atoms with Gasteiger partial charge in [-0.3, -0.25) is 9.59 Å². The van der Waals surface area contributed by atoms with Crippen molar-refractivity contribution < 1.29 is 2060 Å². The molecule has 0 saturated heterocycles. The summed E-state index contributed by atoms with van der Waals surface area (Å²) in [6, 6.07) is 0. The smallest absolute Gasteiger partial charge is 0.300 e. The van der Waals surface area contributed by atoms with E-state index in [2.05, 4.69) is 33.9 Å². The van der Waals surface area contributed by atoms with E-state index in [-0.39, 0.29) is 2040 Å². The van der Waals surface area contributed by atoms with Gasteiger partial charge in [0.05, 0.1) is 0 Å². The van der Waals surface area contributed by atoms with Gasteiger partial charge in [-0.1, -0.05) is 34.6 Å². The predicted molar refractivity (Wildman–Crippen MR) is 83.8 cm³/mol. The summed E-state index contributed by atoms with van der Waals surface area (Å²) in [5, 5.41) is 29.4. The Morgan fingerprint density at radius 2 is 0.205 bits per heavy atom. The zero-order valence-electron chi connectivity index (χ0n) is 54.0. The molecule has 0 aromatic rings. The Kier molecular flexibility index (Phi) is 9600. The van der Waals surface area contributed by atoms with E-state index in [1.54, 1.807) is 0 Å². The molecule has 0 unspecified atom stereocenters. The van der Waals surface area contributed by atoms with Crippen LogP contribution in [0, 0.1) is 11.8 Å². The van der Waals surface area contributed by atoms with Crippen molar-refractivity contribution >= 4 is 12.4 Å². The van der Waals surface area contributed by atoms with E-state index < -0.39 is 5.97 Å². The van der Waals surface area contributed by atoms with E-state index in [4.69, 9.17) is 30.0 Å². The number of aliphatic hydroxyl groups excluding tert-OH is 2. The molecule has 108 heteroatoms. The number of carbonyl (C=O) groups is 2. The van der Waals surface area contributed by atoms with Crippen LogP contribution in [0.5, 0.6) is 0 Å². The van der Waals surface area contributed by atoms with Gasteiger partial charge in [0.15, 0.2) is 0 Å². The van der Waals surface area contributed by atoms with Gasteiger partial charge in [0, 0.05) is 2050 Å². The molecule has 0 aliphatic rings. The molecule has 0 heterocycles. The summed E-state index contributed by atoms with van der Waals surface area (Å²) in [7, 11) is 1.00. The van der Waals surface area contributed by atoms with E-state index in [1.807, 2.05) is 13.8 Å². The van der Waals surface area contributed by atoms with E-state index >= 15 is 0 Å². The van der Waals surface area contributed by atoms with Crippen LogP contribution >= 0.6 is 0 Å². The molecule has 0 amide bonds. The Labute approximate surface area is 2090 Å². The molecule has 0 atom stereocenters. The molecule has 4 N–H and O–H groups in total. The first-order valence-corrected chi connectivity index (χ1v) is 5.98. The second-order valence-electron chi connectivity index (χ2n) is 3.93. The zero-order valence-corrected chi connectivity index (χ0v) is 298. The van der Waals surface area contributed by atoms with Gasteiger partial charge in [0.25, 0.3) is 12.4 Å². The molecule has 798 valence electrons. The Morgan fingerprint density at radius 1 is 0.197 bits per heavy atom. The molecule has 0 fully saturated rings. The number of hydrogen-bond donors (Lipinski definition) is 4. The van der Waals surface area contributed by atoms with E-state index in [0.29, 0.717) is 12.5 Å². The maximum Gasteiger partial charge on any atom is 0.300 e. The normalized spacial score (nSPS) is 1.07. The summed E-state index contributed by atoms with van der Waals surface area (Å²) in [6.45, 7) is 17.6. The first-order chi connectivity index (χ1) is 9.15. The van der Waals surface area contributed by atoms with Crippen LogP contribution < -0.4 is 0 Å². The van der Waals surface area contributed by atoms with Gasteiger partial charge in [0.1, 0.15) is 0 Å². The number of rotatable bonds is 1. The van der Waals surface area contributed by atoms with E-state index in [0.717, 1.165) is 20.0 Å². The fraction of sp³-hybridized carbons (Fsp3) is 0.714. The van der Waals surface area contributed by atoms with Gasteiger partial charge >= 0.3 is 0 Å². The van der Waals surface area contributed by atoms with Crippen LogP contribution in [-0.4, -0.2) is 46.6 Å². The molecule has 0 rings (SSSR count). The van der Waals surface area contributed by atoms with Crippen LogP contribution in [0.15, 0.2) is 13.2 Å². The zero-order chi connectivity index (χ0) is 18.1. The third kappa shape index (κ3) is 1420. The van der Waals surface area contributed by atoms with Crippen LogP contribution in [-0.2, 0) is 2040 Å². The van der Waals surface area contributed by atoms with E-state index in [9.17, 15) is 0 Å². The second kappa shape index (κ2) is 1120. The third-order valence-electron chi connectivity index (χ3n) is 0.365. The second-order valence-corrected chi connectivity index (χ2v) is 3.93. The minimum absolute atomic E-state index is 0. The molecular formula is C14H34Fe30O6W72. The molecule has 0 saturated carbocycles. The molecule has 122 heavy (non-hydrogen) atoms. The van der Waals surface area contributed by atoms with Crippen molar-refractivity contribution in [3.05, 3.63) is 13.2 Å². The van der Waals surface area contributed by atoms with Crippen molar-refractivity contribution in [2.24, 2.45) is 11.8 Å². The Morgan fingerprint density at radius 3 is 0.205 bits per heavy atom. The van der Waals surface area contributed by atoms with Crippen molar-refractivity contribution in [1.29, 1.82) is 0 Å². The maximum atomic E-state index is 9.00. The number of carboxylic acids is 1. The van der Waals surface area contributed by atoms with Gasteiger partial charge < -0.3 is 20.4 Å². The van der Waals surface area contributed by atoms with Crippen molar-refractivity contribution in [1.82, 2.24) is 0 Å². The first-order valence-electron chi connectivity index (χ1n) is 5.98. The van der Waals surface area contributed by atoms with Gasteiger partial charge in [0.2, 0.25) is 0 Å². The first kappa shape index (κ1) is 1050. The fourth-order valence-corrected chi connectivity index (χ4v) is 0. The fourth-order valence-electron chi connectivity index (χ4n) is 0. The van der Waals surface area contributed by atoms with Crippen LogP contribution in [0.25, 0.3) is 0 Å². The summed E-state index contributed by atoms with van der Waals surface area (Å²) in [5.74, 6) is 0.440. The molecule has 6 nitrogen and oxygen atoms in total. The summed E-state index contributed by atoms with van der Waals surface area (Å²) in [4.78, 5) is 17.4. The number of aliphatic hydroxyl groups is 2. The van der Waals surface area contributed by atoms with E-state index in [1.165, 1.54) is 0 Å². The number of aliphatic carboxylic acids is 1. The summed E-state index contributed by atoms with van der Waals surface area (Å²) in [5.41, 5.74) is 0. The molecule has 0 spiro atoms. The number of hydrogen-bond acceptors (Lipinski definition) is 4. The molecule has 0 radical (unpaired) electrons. The largest absolute Gasteiger partial charge is 0.483 e. The van der Waals surface area contributed by atoms with Gasteiger partial charge in [-0.25, -0.2) is 0 Å². The molecule has 0 aliphatic heterocycles. The van der Waals surface area contributed by atoms with Crippen molar-refractivity contribution in [3.63, 3.8) is 0 Å². The molecule has 0 aromatic carbocycles. The van der Waals surface area contributed by atoms with Crippen molar-refractivity contribution in [3.8, 4) is 0 Å². The SMILES string of the molecule is C=C.CC(=O)O.CC(C)C.CC(C)CO.CO.O=CO.[Fe].[Fe].[Fe].[Fe].[Fe].[Fe].[Fe].[Fe].[Fe].[Fe].[Fe].[Fe].[Fe].[Fe].[Fe].[Fe].[Fe].[Fe].[Fe].[Fe].[Fe].[Fe].[Fe].[Fe].[Fe].[Fe].[Fe].[Fe].[Fe].[Fe].[W].[W].[W].[W].[W].[W].[W].[W].[W].[W].[W].[W].[W].[W].[W].[W].[W].[W].[W].[W].[W].[W].[W].[W].[W].[W].[W].[W].[W].[W].[W].[W].[W].[W].[W].[W].[W].[W].[W].[W].[W].[W].[W].[W].[W].[W].[W].[W].[W].[W].[W].[W].[W].[W].[W].[W].[W].[W].[W].[W].[W].[W].[W].[W].[W].[W].[W].[W].[W].[W].[W].[W]. The standard InChI is InChI=1S/C4H10O.C4H10.C2H4O2.C2H4.CH2O2.CH4O.30Fe.72W/c1-4(2)3-5;1-4(2)3;1-2(3)4;1-2;2-1-3;1-2;;;;;;;;;;;;;;;;;;;;;;;;;;;;;;;;;;;;;;;;;;;;;;;;;;;;;;;;;;;;;;;;;;;;;;;;;;;;;;;;;;;;;;;;;;;;;;;;;;;;;;/h4-5H,3H2,1-2H3;4H,1-3H3;1H3,(H,3,4);1-2H2;1H,(H,2,3);2H,1H3;;;;;;;;;;;;;;;;;;;;;;;;;;;;;;;;;;;;;;;;;;;;;;;;;;;;;;;;;;;;;;;;;;;;;;;;;;;;;;;;;;;;;;;;;;;;;;;;;;;;;;. The average molecular weight is 15200 g/mol. The van der Waals surface area contributed by atoms with Crippen molar-refractivity contribution in [2.75, 3.05) is 13.7 Å². The quantitative estimate of drug-likeness (QED) is 0.182. The topological polar surface area (TPSA) is 115 Å². The molecular weight excluding hydrogens is 15200 g/mol. The van der Waals surface area contributed by atoms with Crippen LogP contribution in [0.4, 0.5) is 0 Å². The van der Waals surface area contributed by atoms with Crippen LogP contribution in [0.1, 0.15) is 41.5 Å². The van der Waals surface area contributed by atoms with Gasteiger partial charge in [-0.2, -0.15) is 0 Å². The Hall–Kier alpha value is 63.7. The Bertz CT molecular complexity index is 308. The third-order valence-corrected chi connectivity index (χ3v) is 0.365.